The number of hydrogen-bond donors (Lipinski definition) is 0. The predicted octanol–water partition coefficient (Wildman–Crippen LogP) is 0.983. The Bertz CT molecular complexity index is 66.1. The molecule has 1 fully saturated rings. The lowest BCUT2D eigenvalue weighted by Crippen LogP contribution is -2.24. The first-order valence-electron chi connectivity index (χ1n) is 2.42. The summed E-state index contributed by atoms with van der Waals surface area (Å²) >= 11 is 1.48. The van der Waals surface area contributed by atoms with Crippen molar-refractivity contribution in [3.8, 4) is 0 Å². The molecule has 0 N–H and O–H groups in total. The Morgan fingerprint density at radius 3 is 2.57 bits per heavy atom. The van der Waals surface area contributed by atoms with Crippen molar-refractivity contribution >= 4 is 11.9 Å². The second-order valence-electron chi connectivity index (χ2n) is 1.92. The second-order valence-corrected chi connectivity index (χ2v) is 3.36. The van der Waals surface area contributed by atoms with Crippen LogP contribution in [0.2, 0.25) is 0 Å². The Balaban J connectivity index is 2.40. The van der Waals surface area contributed by atoms with E-state index in [2.05, 4.69) is 0 Å². The van der Waals surface area contributed by atoms with Crippen LogP contribution in [0.1, 0.15) is 6.42 Å². The summed E-state index contributed by atoms with van der Waals surface area (Å²) in [5.41, 5.74) is 0. The molecule has 3 heteroatoms. The van der Waals surface area contributed by atoms with Crippen molar-refractivity contribution in [1.82, 2.24) is 0 Å². The Morgan fingerprint density at radius 1 is 1.71 bits per heavy atom. The molecule has 0 radical (unpaired) electrons. The zero-order valence-electron chi connectivity index (χ0n) is 4.39. The maximum atomic E-state index is 10.8. The highest BCUT2D eigenvalue weighted by Crippen LogP contribution is 2.25. The molecular formula is C4H9NOS. The van der Waals surface area contributed by atoms with Crippen LogP contribution in [-0.4, -0.2) is 23.4 Å². The van der Waals surface area contributed by atoms with E-state index in [-0.39, 0.29) is 4.05 Å². The fourth-order valence-electron chi connectivity index (χ4n) is 0.674. The van der Waals surface area contributed by atoms with Gasteiger partial charge in [-0.25, -0.2) is 0 Å². The van der Waals surface area contributed by atoms with Gasteiger partial charge in [0.15, 0.2) is 0 Å². The van der Waals surface area contributed by atoms with Gasteiger partial charge in [-0.3, -0.25) is 0 Å². The molecule has 1 aliphatic rings. The van der Waals surface area contributed by atoms with Gasteiger partial charge in [0.1, 0.15) is 0 Å². The molecule has 1 unspecified atom stereocenters. The minimum absolute atomic E-state index is 0.0833. The zero-order valence-corrected chi connectivity index (χ0v) is 5.20. The van der Waals surface area contributed by atoms with Gasteiger partial charge in [0.2, 0.25) is 0 Å². The summed E-state index contributed by atoms with van der Waals surface area (Å²) in [4.78, 5) is 0. The number of rotatable bonds is 0. The van der Waals surface area contributed by atoms with E-state index in [4.69, 9.17) is 0 Å². The van der Waals surface area contributed by atoms with Gasteiger partial charge in [0.05, 0.1) is 31.3 Å². The Kier molecular flexibility index (Phi) is 1.28. The van der Waals surface area contributed by atoms with Crippen LogP contribution in [0.4, 0.5) is 0 Å². The number of hydroxylamine groups is 2. The number of hydrogen-bond acceptors (Lipinski definition) is 2. The largest absolute Gasteiger partial charge is 0.620 e. The highest BCUT2D eigenvalue weighted by molar-refractivity contribution is 7.94. The highest BCUT2D eigenvalue weighted by Gasteiger charge is 2.18. The fraction of sp³-hybridized carbons (Fsp3) is 1.00. The summed E-state index contributed by atoms with van der Waals surface area (Å²) in [5.74, 6) is 1.04. The van der Waals surface area contributed by atoms with Gasteiger partial charge in [0, 0.05) is 6.42 Å². The summed E-state index contributed by atoms with van der Waals surface area (Å²) in [6.45, 7) is 0.796. The summed E-state index contributed by atoms with van der Waals surface area (Å²) in [6.07, 6.45) is 1.09. The van der Waals surface area contributed by atoms with Gasteiger partial charge in [0.25, 0.3) is 0 Å². The molecule has 0 aromatic rings. The maximum absolute atomic E-state index is 10.8. The number of quaternary nitrogens is 1. The Morgan fingerprint density at radius 2 is 2.43 bits per heavy atom. The molecule has 0 spiro atoms. The van der Waals surface area contributed by atoms with Gasteiger partial charge in [-0.05, 0) is 0 Å². The Labute approximate surface area is 47.8 Å². The van der Waals surface area contributed by atoms with Gasteiger partial charge >= 0.3 is 0 Å². The van der Waals surface area contributed by atoms with Crippen LogP contribution in [0, 0.1) is 5.21 Å². The van der Waals surface area contributed by atoms with Crippen LogP contribution in [0.15, 0.2) is 0 Å². The minimum Gasteiger partial charge on any atom is -0.620 e. The van der Waals surface area contributed by atoms with Crippen molar-refractivity contribution in [2.75, 3.05) is 19.3 Å². The second kappa shape index (κ2) is 1.65. The number of nitrogens with zero attached hydrogens (tertiary/aromatic N) is 1. The van der Waals surface area contributed by atoms with E-state index < -0.39 is 0 Å². The standard InChI is InChI=1S/C4H9NOS/c1-5(6)3-2-4-7-5/h2-4H2,1H3. The molecule has 0 aromatic heterocycles. The van der Waals surface area contributed by atoms with E-state index in [0.29, 0.717) is 0 Å². The molecule has 0 aromatic carbocycles. The lowest BCUT2D eigenvalue weighted by molar-refractivity contribution is -0.711. The monoisotopic (exact) mass is 119 g/mol. The van der Waals surface area contributed by atoms with Crippen LogP contribution < -0.4 is 0 Å². The quantitative estimate of drug-likeness (QED) is 0.269. The highest BCUT2D eigenvalue weighted by atomic mass is 32.2. The van der Waals surface area contributed by atoms with Gasteiger partial charge in [-0.1, -0.05) is 0 Å². The van der Waals surface area contributed by atoms with E-state index in [1.54, 1.807) is 7.05 Å². The summed E-state index contributed by atoms with van der Waals surface area (Å²) < 4.78 is -0.0833. The van der Waals surface area contributed by atoms with Crippen LogP contribution in [0.3, 0.4) is 0 Å². The average molecular weight is 119 g/mol. The normalized spacial score (nSPS) is 42.0. The Hall–Kier alpha value is 0.270. The van der Waals surface area contributed by atoms with E-state index in [1.807, 2.05) is 0 Å². The predicted molar refractivity (Wildman–Crippen MR) is 31.5 cm³/mol. The average Bonchev–Trinajstić information content (AvgIpc) is 1.84. The molecule has 1 atom stereocenters. The maximum Gasteiger partial charge on any atom is 0.0898 e. The molecular weight excluding hydrogens is 110 g/mol. The van der Waals surface area contributed by atoms with Crippen molar-refractivity contribution in [2.24, 2.45) is 0 Å². The summed E-state index contributed by atoms with van der Waals surface area (Å²) in [7, 11) is 1.71. The lowest BCUT2D eigenvalue weighted by Gasteiger charge is -2.29. The van der Waals surface area contributed by atoms with Crippen LogP contribution in [0.5, 0.6) is 0 Å². The first kappa shape index (κ1) is 5.41. The summed E-state index contributed by atoms with van der Waals surface area (Å²) in [6, 6.07) is 0. The van der Waals surface area contributed by atoms with Crippen LogP contribution >= 0.6 is 11.9 Å². The van der Waals surface area contributed by atoms with Gasteiger partial charge < -0.3 is 9.26 Å². The van der Waals surface area contributed by atoms with Crippen molar-refractivity contribution in [3.05, 3.63) is 5.21 Å². The first-order valence-corrected chi connectivity index (χ1v) is 3.36. The zero-order chi connectivity index (χ0) is 5.33. The van der Waals surface area contributed by atoms with Gasteiger partial charge in [-0.15, -0.1) is 0 Å². The molecule has 0 aliphatic carbocycles. The smallest absolute Gasteiger partial charge is 0.0898 e. The fourth-order valence-corrected chi connectivity index (χ4v) is 1.58. The molecule has 0 saturated carbocycles. The third kappa shape index (κ3) is 1.33. The molecule has 2 nitrogen and oxygen atoms in total. The molecule has 1 aliphatic heterocycles. The SMILES string of the molecule is C[N+]1([O-])CCCS1. The van der Waals surface area contributed by atoms with Crippen LogP contribution in [-0.2, 0) is 0 Å². The van der Waals surface area contributed by atoms with Gasteiger partial charge in [-0.2, -0.15) is 0 Å². The van der Waals surface area contributed by atoms with E-state index >= 15 is 0 Å². The topological polar surface area (TPSA) is 23.1 Å². The third-order valence-corrected chi connectivity index (χ3v) is 2.27. The van der Waals surface area contributed by atoms with Crippen LogP contribution in [0.25, 0.3) is 0 Å². The van der Waals surface area contributed by atoms with Crippen molar-refractivity contribution in [2.45, 2.75) is 6.42 Å². The molecule has 1 heterocycles. The van der Waals surface area contributed by atoms with E-state index in [9.17, 15) is 5.21 Å². The minimum atomic E-state index is -0.0833. The van der Waals surface area contributed by atoms with E-state index in [0.717, 1.165) is 18.7 Å². The summed E-state index contributed by atoms with van der Waals surface area (Å²) in [5, 5.41) is 10.8. The molecule has 7 heavy (non-hydrogen) atoms. The third-order valence-electron chi connectivity index (χ3n) is 1.07. The van der Waals surface area contributed by atoms with E-state index in [1.165, 1.54) is 11.9 Å². The van der Waals surface area contributed by atoms with Crippen molar-refractivity contribution in [1.29, 1.82) is 0 Å². The lowest BCUT2D eigenvalue weighted by atomic mass is 10.5. The molecule has 1 rings (SSSR count). The molecule has 1 saturated heterocycles. The van der Waals surface area contributed by atoms with Crippen molar-refractivity contribution < 1.29 is 4.05 Å². The molecule has 42 valence electrons. The van der Waals surface area contributed by atoms with Crippen molar-refractivity contribution in [3.63, 3.8) is 0 Å². The molecule has 0 amide bonds. The first-order chi connectivity index (χ1) is 3.21. The molecule has 0 bridgehead atoms.